The van der Waals surface area contributed by atoms with E-state index in [0.29, 0.717) is 10.6 Å². The number of aryl methyl sites for hydroxylation is 1. The molecule has 0 aliphatic heterocycles. The topological polar surface area (TPSA) is 109 Å². The van der Waals surface area contributed by atoms with Crippen molar-refractivity contribution in [3.63, 3.8) is 0 Å². The molecule has 0 saturated carbocycles. The van der Waals surface area contributed by atoms with Gasteiger partial charge in [0.1, 0.15) is 10.0 Å². The number of nitrogens with two attached hydrogens (primary N) is 1. The number of rotatable bonds is 4. The number of hydrogen-bond donors (Lipinski definition) is 3. The Morgan fingerprint density at radius 3 is 2.57 bits per heavy atom. The molecule has 0 saturated heterocycles. The molecule has 0 spiro atoms. The molecule has 1 aromatic carbocycles. The molecular weight excluding hydrogens is 367 g/mol. The van der Waals surface area contributed by atoms with Crippen molar-refractivity contribution < 1.29 is 22.2 Å². The van der Waals surface area contributed by atoms with Crippen LogP contribution in [0, 0.1) is 12.7 Å². The molecule has 0 radical (unpaired) electrons. The third-order valence-electron chi connectivity index (χ3n) is 2.92. The molecule has 23 heavy (non-hydrogen) atoms. The molecule has 4 N–H and O–H groups in total. The predicted molar refractivity (Wildman–Crippen MR) is 88.4 cm³/mol. The van der Waals surface area contributed by atoms with Gasteiger partial charge in [-0.25, -0.2) is 4.39 Å². The minimum Gasteiger partial charge on any atom is -0.326 e. The smallest absolute Gasteiger partial charge is 0.304 e. The summed E-state index contributed by atoms with van der Waals surface area (Å²) in [6.45, 7) is 1.55. The molecule has 0 atom stereocenters. The summed E-state index contributed by atoms with van der Waals surface area (Å²) in [6, 6.07) is 5.05. The average molecular weight is 381 g/mol. The highest BCUT2D eigenvalue weighted by Gasteiger charge is 2.20. The highest BCUT2D eigenvalue weighted by molar-refractivity contribution is 7.88. The minimum absolute atomic E-state index is 0. The fraction of sp³-hybridized carbons (Fsp3) is 0.154. The van der Waals surface area contributed by atoms with E-state index in [-0.39, 0.29) is 34.3 Å². The van der Waals surface area contributed by atoms with Crippen molar-refractivity contribution in [1.29, 1.82) is 0 Å². The van der Waals surface area contributed by atoms with Crippen molar-refractivity contribution in [1.82, 2.24) is 0 Å². The van der Waals surface area contributed by atoms with Crippen LogP contribution in [0.2, 0.25) is 0 Å². The molecule has 10 heteroatoms. The second kappa shape index (κ2) is 7.37. The van der Waals surface area contributed by atoms with Crippen LogP contribution in [-0.4, -0.2) is 18.9 Å². The molecule has 1 heterocycles. The maximum absolute atomic E-state index is 13.3. The molecule has 2 aromatic rings. The van der Waals surface area contributed by atoms with Crippen molar-refractivity contribution in [3.8, 4) is 0 Å². The summed E-state index contributed by atoms with van der Waals surface area (Å²) in [5.41, 5.74) is 6.10. The Kier molecular flexibility index (Phi) is 6.25. The van der Waals surface area contributed by atoms with Crippen LogP contribution in [0.3, 0.4) is 0 Å². The largest absolute Gasteiger partial charge is 0.326 e. The zero-order valence-electron chi connectivity index (χ0n) is 11.9. The van der Waals surface area contributed by atoms with Gasteiger partial charge >= 0.3 is 10.1 Å². The summed E-state index contributed by atoms with van der Waals surface area (Å²) in [4.78, 5) is 12.6. The predicted octanol–water partition coefficient (Wildman–Crippen LogP) is 2.58. The second-order valence-corrected chi connectivity index (χ2v) is 7.38. The lowest BCUT2D eigenvalue weighted by molar-refractivity contribution is 0.102. The number of amides is 1. The van der Waals surface area contributed by atoms with Gasteiger partial charge in [-0.05, 0) is 31.2 Å². The van der Waals surface area contributed by atoms with Crippen LogP contribution in [0.1, 0.15) is 20.8 Å². The Bertz CT molecular complexity index is 836. The lowest BCUT2D eigenvalue weighted by atomic mass is 10.1. The summed E-state index contributed by atoms with van der Waals surface area (Å²) in [7, 11) is -4.35. The molecule has 0 bridgehead atoms. The molecule has 1 amide bonds. The first kappa shape index (κ1) is 19.5. The molecule has 0 aliphatic carbocycles. The first-order valence-corrected chi connectivity index (χ1v) is 8.36. The number of nitrogens with one attached hydrogen (secondary N) is 1. The van der Waals surface area contributed by atoms with Gasteiger partial charge in [0.2, 0.25) is 0 Å². The summed E-state index contributed by atoms with van der Waals surface area (Å²) in [5, 5.41) is 2.53. The third-order valence-corrected chi connectivity index (χ3v) is 5.27. The van der Waals surface area contributed by atoms with Gasteiger partial charge in [0.05, 0.1) is 5.56 Å². The van der Waals surface area contributed by atoms with Crippen LogP contribution in [0.5, 0.6) is 0 Å². The third kappa shape index (κ3) is 4.49. The average Bonchev–Trinajstić information content (AvgIpc) is 2.83. The van der Waals surface area contributed by atoms with Gasteiger partial charge in [-0.2, -0.15) is 8.42 Å². The highest BCUT2D eigenvalue weighted by Crippen LogP contribution is 2.26. The normalized spacial score (nSPS) is 11.0. The minimum atomic E-state index is -4.35. The van der Waals surface area contributed by atoms with Gasteiger partial charge in [-0.15, -0.1) is 23.7 Å². The second-order valence-electron chi connectivity index (χ2n) is 4.47. The van der Waals surface area contributed by atoms with Gasteiger partial charge < -0.3 is 11.1 Å². The van der Waals surface area contributed by atoms with Gasteiger partial charge in [0.15, 0.2) is 0 Å². The van der Waals surface area contributed by atoms with E-state index in [1.54, 1.807) is 6.92 Å². The van der Waals surface area contributed by atoms with Crippen molar-refractivity contribution in [2.45, 2.75) is 17.7 Å². The molecule has 126 valence electrons. The monoisotopic (exact) mass is 380 g/mol. The summed E-state index contributed by atoms with van der Waals surface area (Å²) in [6.07, 6.45) is 0. The summed E-state index contributed by atoms with van der Waals surface area (Å²) in [5.74, 6) is -1.03. The molecule has 6 nitrogen and oxygen atoms in total. The van der Waals surface area contributed by atoms with E-state index >= 15 is 0 Å². The molecular formula is C13H14ClFN2O4S2. The van der Waals surface area contributed by atoms with Crippen LogP contribution in [0.4, 0.5) is 10.1 Å². The molecule has 1 aromatic heterocycles. The summed E-state index contributed by atoms with van der Waals surface area (Å²) < 4.78 is 44.2. The van der Waals surface area contributed by atoms with Gasteiger partial charge in [0.25, 0.3) is 5.91 Å². The van der Waals surface area contributed by atoms with Crippen molar-refractivity contribution >= 4 is 45.5 Å². The van der Waals surface area contributed by atoms with Gasteiger partial charge in [-0.3, -0.25) is 9.35 Å². The van der Waals surface area contributed by atoms with Crippen molar-refractivity contribution in [2.24, 2.45) is 5.73 Å². The van der Waals surface area contributed by atoms with E-state index in [1.165, 1.54) is 18.2 Å². The number of halogens is 2. The van der Waals surface area contributed by atoms with Crippen LogP contribution in [0.15, 0.2) is 28.5 Å². The van der Waals surface area contributed by atoms with Gasteiger partial charge in [-0.1, -0.05) is 0 Å². The maximum Gasteiger partial charge on any atom is 0.304 e. The molecule has 0 aliphatic rings. The summed E-state index contributed by atoms with van der Waals surface area (Å²) >= 11 is 0.791. The standard InChI is InChI=1S/C13H13FN2O4S2.ClH/c1-7-10(5-12(21-7)22(18,19)20)13(17)16-9-2-3-11(14)8(4-9)6-15;/h2-5H,6,15H2,1H3,(H,16,17)(H,18,19,20);1H. The number of carbonyl (C=O) groups excluding carboxylic acids is 1. The fourth-order valence-corrected chi connectivity index (χ4v) is 3.62. The molecule has 0 unspecified atom stereocenters. The van der Waals surface area contributed by atoms with Crippen molar-refractivity contribution in [2.75, 3.05) is 5.32 Å². The number of carbonyl (C=O) groups is 1. The lowest BCUT2D eigenvalue weighted by Crippen LogP contribution is -2.13. The molecule has 0 fully saturated rings. The molecule has 2 rings (SSSR count). The van der Waals surface area contributed by atoms with E-state index in [4.69, 9.17) is 10.3 Å². The Balaban J connectivity index is 0.00000264. The van der Waals surface area contributed by atoms with Crippen molar-refractivity contribution in [3.05, 3.63) is 46.1 Å². The Morgan fingerprint density at radius 1 is 1.39 bits per heavy atom. The SMILES string of the molecule is Cc1sc(S(=O)(=O)O)cc1C(=O)Nc1ccc(F)c(CN)c1.Cl. The van der Waals surface area contributed by atoms with E-state index in [9.17, 15) is 17.6 Å². The lowest BCUT2D eigenvalue weighted by Gasteiger charge is -2.07. The van der Waals surface area contributed by atoms with Crippen LogP contribution >= 0.6 is 23.7 Å². The highest BCUT2D eigenvalue weighted by atomic mass is 35.5. The van der Waals surface area contributed by atoms with Crippen LogP contribution in [0.25, 0.3) is 0 Å². The van der Waals surface area contributed by atoms with Crippen LogP contribution < -0.4 is 11.1 Å². The Labute approximate surface area is 142 Å². The van der Waals surface area contributed by atoms with E-state index in [1.807, 2.05) is 0 Å². The van der Waals surface area contributed by atoms with E-state index in [2.05, 4.69) is 5.32 Å². The fourth-order valence-electron chi connectivity index (χ4n) is 1.81. The van der Waals surface area contributed by atoms with E-state index < -0.39 is 21.8 Å². The first-order chi connectivity index (χ1) is 10.2. The Hall–Kier alpha value is -1.52. The van der Waals surface area contributed by atoms with Crippen LogP contribution in [-0.2, 0) is 16.7 Å². The quantitative estimate of drug-likeness (QED) is 0.706. The van der Waals surface area contributed by atoms with E-state index in [0.717, 1.165) is 17.4 Å². The van der Waals surface area contributed by atoms with Gasteiger partial charge in [0, 0.05) is 22.7 Å². The number of anilines is 1. The maximum atomic E-state index is 13.3. The number of hydrogen-bond acceptors (Lipinski definition) is 5. The zero-order valence-corrected chi connectivity index (χ0v) is 14.3. The first-order valence-electron chi connectivity index (χ1n) is 6.10. The number of thiophene rings is 1. The zero-order chi connectivity index (χ0) is 16.5. The Morgan fingerprint density at radius 2 is 2.04 bits per heavy atom. The number of benzene rings is 1.